The number of carbonyl (C=O) groups is 1. The molecule has 2 atom stereocenters. The minimum absolute atomic E-state index is 0.0720. The number of nitrogens with zero attached hydrogens (tertiary/aromatic N) is 1. The Hall–Kier alpha value is -2.89. The van der Waals surface area contributed by atoms with E-state index in [4.69, 9.17) is 14.2 Å². The zero-order chi connectivity index (χ0) is 20.6. The van der Waals surface area contributed by atoms with Crippen molar-refractivity contribution in [3.05, 3.63) is 54.1 Å². The van der Waals surface area contributed by atoms with Crippen LogP contribution in [-0.4, -0.2) is 49.9 Å². The van der Waals surface area contributed by atoms with E-state index in [1.54, 1.807) is 12.0 Å². The van der Waals surface area contributed by atoms with E-state index in [1.807, 2.05) is 50.2 Å². The van der Waals surface area contributed by atoms with Gasteiger partial charge in [0.25, 0.3) is 0 Å². The number of hydrogen-bond acceptors (Lipinski definition) is 4. The molecule has 29 heavy (non-hydrogen) atoms. The van der Waals surface area contributed by atoms with Crippen LogP contribution in [0.25, 0.3) is 0 Å². The lowest BCUT2D eigenvalue weighted by Crippen LogP contribution is -2.49. The number of nitrogens with one attached hydrogen (secondary N) is 1. The SMILES string of the molecule is CCN(CC1COc2ccccc2O1)C(=O)NC(C)CCc1ccc(OC)cc1. The van der Waals surface area contributed by atoms with Crippen LogP contribution >= 0.6 is 0 Å². The number of aryl methyl sites for hydroxylation is 1. The van der Waals surface area contributed by atoms with Crippen LogP contribution in [0.15, 0.2) is 48.5 Å². The van der Waals surface area contributed by atoms with Crippen LogP contribution in [0.1, 0.15) is 25.8 Å². The zero-order valence-electron chi connectivity index (χ0n) is 17.4. The maximum atomic E-state index is 12.7. The van der Waals surface area contributed by atoms with Crippen molar-refractivity contribution in [1.82, 2.24) is 10.2 Å². The summed E-state index contributed by atoms with van der Waals surface area (Å²) in [5.41, 5.74) is 1.23. The van der Waals surface area contributed by atoms with E-state index in [0.717, 1.165) is 30.1 Å². The molecule has 0 radical (unpaired) electrons. The van der Waals surface area contributed by atoms with Gasteiger partial charge in [0.05, 0.1) is 13.7 Å². The number of urea groups is 1. The molecule has 2 amide bonds. The normalized spacial score (nSPS) is 16.0. The van der Waals surface area contributed by atoms with Crippen LogP contribution in [0.4, 0.5) is 4.79 Å². The number of carbonyl (C=O) groups excluding carboxylic acids is 1. The topological polar surface area (TPSA) is 60.0 Å². The van der Waals surface area contributed by atoms with Crippen molar-refractivity contribution in [2.45, 2.75) is 38.8 Å². The Morgan fingerprint density at radius 1 is 1.21 bits per heavy atom. The van der Waals surface area contributed by atoms with Crippen molar-refractivity contribution < 1.29 is 19.0 Å². The summed E-state index contributed by atoms with van der Waals surface area (Å²) in [5.74, 6) is 2.33. The van der Waals surface area contributed by atoms with E-state index in [2.05, 4.69) is 17.4 Å². The quantitative estimate of drug-likeness (QED) is 0.733. The molecular formula is C23H30N2O4. The highest BCUT2D eigenvalue weighted by atomic mass is 16.6. The minimum Gasteiger partial charge on any atom is -0.497 e. The third kappa shape index (κ3) is 5.79. The lowest BCUT2D eigenvalue weighted by Gasteiger charge is -2.31. The fraction of sp³-hybridized carbons (Fsp3) is 0.435. The van der Waals surface area contributed by atoms with Crippen molar-refractivity contribution in [1.29, 1.82) is 0 Å². The number of fused-ring (bicyclic) bond motifs is 1. The van der Waals surface area contributed by atoms with E-state index in [1.165, 1.54) is 5.56 Å². The number of likely N-dealkylation sites (N-methyl/N-ethyl adjacent to an activating group) is 1. The van der Waals surface area contributed by atoms with E-state index in [0.29, 0.717) is 19.7 Å². The van der Waals surface area contributed by atoms with Crippen LogP contribution < -0.4 is 19.5 Å². The van der Waals surface area contributed by atoms with Gasteiger partial charge in [-0.15, -0.1) is 0 Å². The van der Waals surface area contributed by atoms with Crippen molar-refractivity contribution >= 4 is 6.03 Å². The van der Waals surface area contributed by atoms with Crippen molar-refractivity contribution in [2.24, 2.45) is 0 Å². The molecule has 0 saturated heterocycles. The fourth-order valence-corrected chi connectivity index (χ4v) is 3.30. The second-order valence-corrected chi connectivity index (χ2v) is 7.27. The molecule has 1 N–H and O–H groups in total. The molecule has 2 aromatic rings. The molecule has 2 unspecified atom stereocenters. The van der Waals surface area contributed by atoms with Gasteiger partial charge in [-0.2, -0.15) is 0 Å². The number of ether oxygens (including phenoxy) is 3. The first-order valence-corrected chi connectivity index (χ1v) is 10.2. The summed E-state index contributed by atoms with van der Waals surface area (Å²) < 4.78 is 16.9. The van der Waals surface area contributed by atoms with Crippen molar-refractivity contribution in [2.75, 3.05) is 26.8 Å². The average Bonchev–Trinajstić information content (AvgIpc) is 2.76. The molecule has 6 nitrogen and oxygen atoms in total. The number of para-hydroxylation sites is 2. The molecular weight excluding hydrogens is 368 g/mol. The summed E-state index contributed by atoms with van der Waals surface area (Å²) in [6.07, 6.45) is 1.59. The van der Waals surface area contributed by atoms with E-state index < -0.39 is 0 Å². The molecule has 0 aromatic heterocycles. The standard InChI is InChI=1S/C23H30N2O4/c1-4-25(15-20-16-28-21-7-5-6-8-22(21)29-20)23(26)24-17(2)9-10-18-11-13-19(27-3)14-12-18/h5-8,11-14,17,20H,4,9-10,15-16H2,1-3H3,(H,24,26). The predicted octanol–water partition coefficient (Wildman–Crippen LogP) is 3.89. The Morgan fingerprint density at radius 3 is 2.62 bits per heavy atom. The van der Waals surface area contributed by atoms with Gasteiger partial charge in [0, 0.05) is 12.6 Å². The summed E-state index contributed by atoms with van der Waals surface area (Å²) in [5, 5.41) is 3.10. The first-order valence-electron chi connectivity index (χ1n) is 10.2. The Bertz CT molecular complexity index is 794. The maximum absolute atomic E-state index is 12.7. The summed E-state index contributed by atoms with van der Waals surface area (Å²) in [4.78, 5) is 14.5. The first kappa shape index (κ1) is 20.8. The molecule has 2 aromatic carbocycles. The van der Waals surface area contributed by atoms with Gasteiger partial charge in [-0.3, -0.25) is 0 Å². The maximum Gasteiger partial charge on any atom is 0.317 e. The molecule has 1 aliphatic rings. The average molecular weight is 399 g/mol. The third-order valence-corrected chi connectivity index (χ3v) is 5.06. The van der Waals surface area contributed by atoms with Crippen LogP contribution in [-0.2, 0) is 6.42 Å². The third-order valence-electron chi connectivity index (χ3n) is 5.06. The molecule has 0 spiro atoms. The molecule has 0 saturated carbocycles. The van der Waals surface area contributed by atoms with Crippen LogP contribution in [0.2, 0.25) is 0 Å². The van der Waals surface area contributed by atoms with Gasteiger partial charge in [0.15, 0.2) is 17.6 Å². The monoisotopic (exact) mass is 398 g/mol. The number of hydrogen-bond donors (Lipinski definition) is 1. The lowest BCUT2D eigenvalue weighted by molar-refractivity contribution is 0.0672. The van der Waals surface area contributed by atoms with Gasteiger partial charge >= 0.3 is 6.03 Å². The largest absolute Gasteiger partial charge is 0.497 e. The number of rotatable bonds is 8. The summed E-state index contributed by atoms with van der Waals surface area (Å²) in [6, 6.07) is 15.7. The van der Waals surface area contributed by atoms with Crippen molar-refractivity contribution in [3.8, 4) is 17.2 Å². The molecule has 0 aliphatic carbocycles. The lowest BCUT2D eigenvalue weighted by atomic mass is 10.1. The van der Waals surface area contributed by atoms with Gasteiger partial charge in [-0.25, -0.2) is 4.79 Å². The highest BCUT2D eigenvalue weighted by Crippen LogP contribution is 2.31. The van der Waals surface area contributed by atoms with Gasteiger partial charge in [-0.05, 0) is 56.5 Å². The molecule has 0 fully saturated rings. The van der Waals surface area contributed by atoms with Crippen LogP contribution in [0, 0.1) is 0 Å². The highest BCUT2D eigenvalue weighted by molar-refractivity contribution is 5.74. The number of amides is 2. The van der Waals surface area contributed by atoms with Crippen LogP contribution in [0.3, 0.4) is 0 Å². The fourth-order valence-electron chi connectivity index (χ4n) is 3.30. The number of methoxy groups -OCH3 is 1. The van der Waals surface area contributed by atoms with Gasteiger partial charge in [0.2, 0.25) is 0 Å². The Morgan fingerprint density at radius 2 is 1.93 bits per heavy atom. The molecule has 3 rings (SSSR count). The van der Waals surface area contributed by atoms with Crippen LogP contribution in [0.5, 0.6) is 17.2 Å². The van der Waals surface area contributed by atoms with Gasteiger partial charge in [0.1, 0.15) is 12.4 Å². The van der Waals surface area contributed by atoms with E-state index in [-0.39, 0.29) is 18.2 Å². The smallest absolute Gasteiger partial charge is 0.317 e. The highest BCUT2D eigenvalue weighted by Gasteiger charge is 2.25. The van der Waals surface area contributed by atoms with E-state index in [9.17, 15) is 4.79 Å². The molecule has 0 bridgehead atoms. The Labute approximate surface area is 172 Å². The Balaban J connectivity index is 1.46. The molecule has 6 heteroatoms. The van der Waals surface area contributed by atoms with Crippen molar-refractivity contribution in [3.63, 3.8) is 0 Å². The molecule has 1 aliphatic heterocycles. The summed E-state index contributed by atoms with van der Waals surface area (Å²) in [7, 11) is 1.66. The second kappa shape index (κ2) is 10.0. The summed E-state index contributed by atoms with van der Waals surface area (Å²) >= 11 is 0. The Kier molecular flexibility index (Phi) is 7.22. The second-order valence-electron chi connectivity index (χ2n) is 7.27. The number of benzene rings is 2. The first-order chi connectivity index (χ1) is 14.1. The van der Waals surface area contributed by atoms with Gasteiger partial charge < -0.3 is 24.4 Å². The predicted molar refractivity (Wildman–Crippen MR) is 113 cm³/mol. The summed E-state index contributed by atoms with van der Waals surface area (Å²) in [6.45, 7) is 5.54. The molecule has 1 heterocycles. The van der Waals surface area contributed by atoms with Gasteiger partial charge in [-0.1, -0.05) is 24.3 Å². The minimum atomic E-state index is -0.176. The molecule has 156 valence electrons. The van der Waals surface area contributed by atoms with E-state index >= 15 is 0 Å². The zero-order valence-corrected chi connectivity index (χ0v) is 17.4.